The van der Waals surface area contributed by atoms with E-state index >= 15 is 0 Å². The van der Waals surface area contributed by atoms with Gasteiger partial charge in [0.1, 0.15) is 11.5 Å². The zero-order valence-corrected chi connectivity index (χ0v) is 12.6. The molecule has 1 aliphatic rings. The maximum Gasteiger partial charge on any atom is 0.127 e. The lowest BCUT2D eigenvalue weighted by Gasteiger charge is -2.24. The largest absolute Gasteiger partial charge is 0.497 e. The van der Waals surface area contributed by atoms with E-state index < -0.39 is 0 Å². The van der Waals surface area contributed by atoms with Gasteiger partial charge in [-0.05, 0) is 18.4 Å². The summed E-state index contributed by atoms with van der Waals surface area (Å²) >= 11 is 6.60. The average molecular weight is 283 g/mol. The molecule has 0 amide bonds. The fourth-order valence-electron chi connectivity index (χ4n) is 2.92. The van der Waals surface area contributed by atoms with Crippen molar-refractivity contribution >= 4 is 11.6 Å². The van der Waals surface area contributed by atoms with Gasteiger partial charge in [-0.2, -0.15) is 0 Å². The first-order valence-electron chi connectivity index (χ1n) is 7.10. The van der Waals surface area contributed by atoms with Crippen LogP contribution in [0.1, 0.15) is 49.5 Å². The van der Waals surface area contributed by atoms with Crippen LogP contribution in [0.4, 0.5) is 0 Å². The second-order valence-corrected chi connectivity index (χ2v) is 5.84. The number of hydrogen-bond donors (Lipinski definition) is 0. The van der Waals surface area contributed by atoms with Crippen molar-refractivity contribution < 1.29 is 9.47 Å². The molecule has 1 aromatic rings. The van der Waals surface area contributed by atoms with Gasteiger partial charge < -0.3 is 9.47 Å². The molecule has 1 aliphatic carbocycles. The molecule has 0 radical (unpaired) electrons. The molecule has 0 saturated heterocycles. The maximum absolute atomic E-state index is 6.60. The Balaban J connectivity index is 2.06. The number of methoxy groups -OCH3 is 2. The minimum Gasteiger partial charge on any atom is -0.497 e. The summed E-state index contributed by atoms with van der Waals surface area (Å²) in [4.78, 5) is 0. The molecule has 2 rings (SSSR count). The lowest BCUT2D eigenvalue weighted by Crippen LogP contribution is -2.09. The van der Waals surface area contributed by atoms with Gasteiger partial charge in [0.15, 0.2) is 0 Å². The highest BCUT2D eigenvalue weighted by Crippen LogP contribution is 2.39. The van der Waals surface area contributed by atoms with Gasteiger partial charge in [0.25, 0.3) is 0 Å². The van der Waals surface area contributed by atoms with Crippen LogP contribution in [-0.2, 0) is 0 Å². The third kappa shape index (κ3) is 3.79. The van der Waals surface area contributed by atoms with Gasteiger partial charge in [-0.15, -0.1) is 11.6 Å². The predicted molar refractivity (Wildman–Crippen MR) is 79.3 cm³/mol. The molecule has 19 heavy (non-hydrogen) atoms. The second kappa shape index (κ2) is 7.04. The molecule has 0 aromatic heterocycles. The minimum atomic E-state index is 0.0314. The first-order valence-corrected chi connectivity index (χ1v) is 7.54. The fraction of sp³-hybridized carbons (Fsp3) is 0.625. The Morgan fingerprint density at radius 2 is 1.89 bits per heavy atom. The van der Waals surface area contributed by atoms with E-state index in [4.69, 9.17) is 21.1 Å². The van der Waals surface area contributed by atoms with Crippen molar-refractivity contribution in [1.29, 1.82) is 0 Å². The quantitative estimate of drug-likeness (QED) is 0.711. The van der Waals surface area contributed by atoms with Gasteiger partial charge in [0.05, 0.1) is 19.6 Å². The van der Waals surface area contributed by atoms with Crippen LogP contribution in [0.2, 0.25) is 0 Å². The van der Waals surface area contributed by atoms with Gasteiger partial charge >= 0.3 is 0 Å². The normalized spacial score (nSPS) is 18.1. The van der Waals surface area contributed by atoms with Crippen molar-refractivity contribution in [3.05, 3.63) is 23.8 Å². The predicted octanol–water partition coefficient (Wildman–Crippen LogP) is 4.95. The Kier molecular flexibility index (Phi) is 5.38. The van der Waals surface area contributed by atoms with Crippen LogP contribution in [-0.4, -0.2) is 14.2 Å². The zero-order valence-electron chi connectivity index (χ0n) is 11.8. The van der Waals surface area contributed by atoms with Crippen LogP contribution in [0.5, 0.6) is 11.5 Å². The molecule has 106 valence electrons. The summed E-state index contributed by atoms with van der Waals surface area (Å²) in [6, 6.07) is 5.89. The third-order valence-corrected chi connectivity index (χ3v) is 4.46. The smallest absolute Gasteiger partial charge is 0.127 e. The number of halogens is 1. The Morgan fingerprint density at radius 3 is 2.53 bits per heavy atom. The SMILES string of the molecule is COc1ccc(C(Cl)CC2CCCCC2)c(OC)c1. The van der Waals surface area contributed by atoms with Crippen molar-refractivity contribution in [3.8, 4) is 11.5 Å². The first kappa shape index (κ1) is 14.5. The van der Waals surface area contributed by atoms with E-state index in [9.17, 15) is 0 Å². The van der Waals surface area contributed by atoms with E-state index in [1.165, 1.54) is 32.1 Å². The summed E-state index contributed by atoms with van der Waals surface area (Å²) in [5.74, 6) is 2.40. The molecule has 1 saturated carbocycles. The van der Waals surface area contributed by atoms with E-state index in [1.807, 2.05) is 18.2 Å². The highest BCUT2D eigenvalue weighted by Gasteiger charge is 2.21. The van der Waals surface area contributed by atoms with Crippen LogP contribution < -0.4 is 9.47 Å². The Morgan fingerprint density at radius 1 is 1.16 bits per heavy atom. The van der Waals surface area contributed by atoms with Crippen molar-refractivity contribution in [3.63, 3.8) is 0 Å². The summed E-state index contributed by atoms with van der Waals surface area (Å²) in [6.45, 7) is 0. The number of hydrogen-bond acceptors (Lipinski definition) is 2. The standard InChI is InChI=1S/C16H23ClO2/c1-18-13-8-9-14(16(11-13)19-2)15(17)10-12-6-4-3-5-7-12/h8-9,11-12,15H,3-7,10H2,1-2H3. The Bertz CT molecular complexity index is 400. The lowest BCUT2D eigenvalue weighted by atomic mass is 9.85. The molecule has 0 bridgehead atoms. The average Bonchev–Trinajstić information content (AvgIpc) is 2.47. The molecule has 0 spiro atoms. The van der Waals surface area contributed by atoms with Crippen molar-refractivity contribution in [2.45, 2.75) is 43.9 Å². The van der Waals surface area contributed by atoms with E-state index in [0.29, 0.717) is 0 Å². The summed E-state index contributed by atoms with van der Waals surface area (Å²) in [5.41, 5.74) is 1.08. The molecular weight excluding hydrogens is 260 g/mol. The van der Waals surface area contributed by atoms with Gasteiger partial charge in [0.2, 0.25) is 0 Å². The maximum atomic E-state index is 6.60. The first-order chi connectivity index (χ1) is 9.24. The minimum absolute atomic E-state index is 0.0314. The Hall–Kier alpha value is -0.890. The zero-order chi connectivity index (χ0) is 13.7. The molecular formula is C16H23ClO2. The molecule has 0 N–H and O–H groups in total. The number of rotatable bonds is 5. The van der Waals surface area contributed by atoms with Crippen LogP contribution in [0.15, 0.2) is 18.2 Å². The number of alkyl halides is 1. The van der Waals surface area contributed by atoms with E-state index in [2.05, 4.69) is 0 Å². The molecule has 0 heterocycles. The summed E-state index contributed by atoms with van der Waals surface area (Å²) < 4.78 is 10.7. The van der Waals surface area contributed by atoms with Crippen LogP contribution in [0, 0.1) is 5.92 Å². The van der Waals surface area contributed by atoms with Crippen LogP contribution >= 0.6 is 11.6 Å². The van der Waals surface area contributed by atoms with Gasteiger partial charge in [-0.3, -0.25) is 0 Å². The summed E-state index contributed by atoms with van der Waals surface area (Å²) in [5, 5.41) is 0.0314. The van der Waals surface area contributed by atoms with Crippen molar-refractivity contribution in [2.75, 3.05) is 14.2 Å². The van der Waals surface area contributed by atoms with Crippen molar-refractivity contribution in [1.82, 2.24) is 0 Å². The van der Waals surface area contributed by atoms with Crippen LogP contribution in [0.25, 0.3) is 0 Å². The van der Waals surface area contributed by atoms with Gasteiger partial charge in [0, 0.05) is 11.6 Å². The summed E-state index contributed by atoms with van der Waals surface area (Å²) in [6.07, 6.45) is 7.78. The molecule has 1 atom stereocenters. The molecule has 0 aliphatic heterocycles. The van der Waals surface area contributed by atoms with E-state index in [-0.39, 0.29) is 5.38 Å². The van der Waals surface area contributed by atoms with E-state index in [1.54, 1.807) is 14.2 Å². The highest BCUT2D eigenvalue weighted by molar-refractivity contribution is 6.21. The number of benzene rings is 1. The topological polar surface area (TPSA) is 18.5 Å². The fourth-order valence-corrected chi connectivity index (χ4v) is 3.35. The Labute approximate surface area is 121 Å². The third-order valence-electron chi connectivity index (χ3n) is 4.04. The van der Waals surface area contributed by atoms with Gasteiger partial charge in [-0.1, -0.05) is 38.2 Å². The molecule has 3 heteroatoms. The molecule has 2 nitrogen and oxygen atoms in total. The lowest BCUT2D eigenvalue weighted by molar-refractivity contribution is 0.333. The highest BCUT2D eigenvalue weighted by atomic mass is 35.5. The van der Waals surface area contributed by atoms with E-state index in [0.717, 1.165) is 29.4 Å². The number of ether oxygens (including phenoxy) is 2. The molecule has 1 unspecified atom stereocenters. The van der Waals surface area contributed by atoms with Crippen LogP contribution in [0.3, 0.4) is 0 Å². The summed E-state index contributed by atoms with van der Waals surface area (Å²) in [7, 11) is 3.34. The molecule has 1 aromatic carbocycles. The van der Waals surface area contributed by atoms with Crippen molar-refractivity contribution in [2.24, 2.45) is 5.92 Å². The van der Waals surface area contributed by atoms with Gasteiger partial charge in [-0.25, -0.2) is 0 Å². The monoisotopic (exact) mass is 282 g/mol. The second-order valence-electron chi connectivity index (χ2n) is 5.32. The molecule has 1 fully saturated rings.